The van der Waals surface area contributed by atoms with Crippen LogP contribution < -0.4 is 5.32 Å². The second kappa shape index (κ2) is 7.14. The number of halogens is 1. The lowest BCUT2D eigenvalue weighted by atomic mass is 10.0. The first kappa shape index (κ1) is 16.8. The fourth-order valence-electron chi connectivity index (χ4n) is 2.31. The van der Waals surface area contributed by atoms with Crippen molar-refractivity contribution in [2.45, 2.75) is 31.4 Å². The molecule has 2 atom stereocenters. The SMILES string of the molecule is O=C(O)[C@@H](Cc1ccc(F)c([N+](=O)[O-])c1)NC(=O)[C@H]1CCCO1. The van der Waals surface area contributed by atoms with Crippen LogP contribution in [0.1, 0.15) is 18.4 Å². The molecule has 1 saturated heterocycles. The van der Waals surface area contributed by atoms with E-state index in [-0.39, 0.29) is 12.0 Å². The molecule has 8 nitrogen and oxygen atoms in total. The Morgan fingerprint density at radius 1 is 1.52 bits per heavy atom. The van der Waals surface area contributed by atoms with E-state index in [0.29, 0.717) is 13.0 Å². The predicted octanol–water partition coefficient (Wildman–Crippen LogP) is 1.02. The zero-order valence-corrected chi connectivity index (χ0v) is 12.0. The Kier molecular flexibility index (Phi) is 5.22. The maximum absolute atomic E-state index is 13.3. The first-order chi connectivity index (χ1) is 10.9. The van der Waals surface area contributed by atoms with E-state index < -0.39 is 40.5 Å². The lowest BCUT2D eigenvalue weighted by Gasteiger charge is -2.17. The molecule has 1 aliphatic heterocycles. The number of nitro benzene ring substituents is 1. The minimum Gasteiger partial charge on any atom is -0.480 e. The topological polar surface area (TPSA) is 119 Å². The molecule has 23 heavy (non-hydrogen) atoms. The van der Waals surface area contributed by atoms with Gasteiger partial charge in [0.2, 0.25) is 11.7 Å². The van der Waals surface area contributed by atoms with E-state index in [1.165, 1.54) is 6.07 Å². The van der Waals surface area contributed by atoms with Crippen molar-refractivity contribution in [1.82, 2.24) is 5.32 Å². The van der Waals surface area contributed by atoms with E-state index in [0.717, 1.165) is 18.6 Å². The molecule has 1 fully saturated rings. The first-order valence-electron chi connectivity index (χ1n) is 6.96. The molecule has 0 aliphatic carbocycles. The van der Waals surface area contributed by atoms with Crippen LogP contribution in [0.2, 0.25) is 0 Å². The van der Waals surface area contributed by atoms with E-state index in [1.54, 1.807) is 0 Å². The van der Waals surface area contributed by atoms with Gasteiger partial charge >= 0.3 is 11.7 Å². The van der Waals surface area contributed by atoms with Crippen molar-refractivity contribution >= 4 is 17.6 Å². The van der Waals surface area contributed by atoms with Crippen LogP contribution in [-0.4, -0.2) is 40.7 Å². The summed E-state index contributed by atoms with van der Waals surface area (Å²) in [6, 6.07) is 1.82. The fourth-order valence-corrected chi connectivity index (χ4v) is 2.31. The second-order valence-corrected chi connectivity index (χ2v) is 5.15. The normalized spacial score (nSPS) is 18.4. The number of ether oxygens (including phenoxy) is 1. The van der Waals surface area contributed by atoms with Gasteiger partial charge in [0, 0.05) is 19.1 Å². The first-order valence-corrected chi connectivity index (χ1v) is 6.96. The number of hydrogen-bond donors (Lipinski definition) is 2. The third-order valence-corrected chi connectivity index (χ3v) is 3.48. The molecule has 1 aromatic rings. The zero-order chi connectivity index (χ0) is 17.0. The van der Waals surface area contributed by atoms with Gasteiger partial charge in [-0.3, -0.25) is 14.9 Å². The van der Waals surface area contributed by atoms with Gasteiger partial charge < -0.3 is 15.2 Å². The molecular formula is C14H15FN2O6. The van der Waals surface area contributed by atoms with Crippen LogP contribution in [0.25, 0.3) is 0 Å². The predicted molar refractivity (Wildman–Crippen MR) is 75.3 cm³/mol. The van der Waals surface area contributed by atoms with Crippen LogP contribution in [0.15, 0.2) is 18.2 Å². The summed E-state index contributed by atoms with van der Waals surface area (Å²) in [5, 5.41) is 22.2. The zero-order valence-electron chi connectivity index (χ0n) is 12.0. The summed E-state index contributed by atoms with van der Waals surface area (Å²) in [5.74, 6) is -2.83. The molecule has 9 heteroatoms. The summed E-state index contributed by atoms with van der Waals surface area (Å²) in [7, 11) is 0. The molecular weight excluding hydrogens is 311 g/mol. The number of rotatable bonds is 6. The van der Waals surface area contributed by atoms with E-state index in [1.807, 2.05) is 0 Å². The number of carbonyl (C=O) groups is 2. The van der Waals surface area contributed by atoms with Crippen molar-refractivity contribution < 1.29 is 28.7 Å². The number of carbonyl (C=O) groups excluding carboxylic acids is 1. The van der Waals surface area contributed by atoms with Crippen LogP contribution in [0.5, 0.6) is 0 Å². The Morgan fingerprint density at radius 3 is 2.83 bits per heavy atom. The van der Waals surface area contributed by atoms with Gasteiger partial charge in [-0.1, -0.05) is 6.07 Å². The van der Waals surface area contributed by atoms with Gasteiger partial charge in [-0.25, -0.2) is 4.79 Å². The molecule has 124 valence electrons. The van der Waals surface area contributed by atoms with Crippen molar-refractivity contribution in [2.75, 3.05) is 6.61 Å². The monoisotopic (exact) mass is 326 g/mol. The van der Waals surface area contributed by atoms with Gasteiger partial charge in [0.15, 0.2) is 0 Å². The molecule has 0 spiro atoms. The highest BCUT2D eigenvalue weighted by Gasteiger charge is 2.28. The van der Waals surface area contributed by atoms with Crippen LogP contribution in [0.4, 0.5) is 10.1 Å². The number of nitrogens with zero attached hydrogens (tertiary/aromatic N) is 1. The average Bonchev–Trinajstić information content (AvgIpc) is 3.02. The van der Waals surface area contributed by atoms with Crippen molar-refractivity contribution in [3.05, 3.63) is 39.7 Å². The molecule has 0 aromatic heterocycles. The molecule has 0 bridgehead atoms. The lowest BCUT2D eigenvalue weighted by Crippen LogP contribution is -2.46. The quantitative estimate of drug-likeness (QED) is 0.595. The Balaban J connectivity index is 2.10. The van der Waals surface area contributed by atoms with Gasteiger partial charge in [0.1, 0.15) is 12.1 Å². The van der Waals surface area contributed by atoms with E-state index in [9.17, 15) is 29.2 Å². The summed E-state index contributed by atoms with van der Waals surface area (Å²) in [4.78, 5) is 33.0. The number of nitrogens with one attached hydrogen (secondary N) is 1. The molecule has 2 rings (SSSR count). The van der Waals surface area contributed by atoms with Gasteiger partial charge in [-0.15, -0.1) is 0 Å². The highest BCUT2D eigenvalue weighted by Crippen LogP contribution is 2.20. The smallest absolute Gasteiger partial charge is 0.326 e. The van der Waals surface area contributed by atoms with Gasteiger partial charge in [-0.05, 0) is 24.5 Å². The highest BCUT2D eigenvalue weighted by atomic mass is 19.1. The number of benzene rings is 1. The summed E-state index contributed by atoms with van der Waals surface area (Å²) in [6.07, 6.45) is 0.356. The largest absolute Gasteiger partial charge is 0.480 e. The fraction of sp³-hybridized carbons (Fsp3) is 0.429. The van der Waals surface area contributed by atoms with Crippen LogP contribution in [-0.2, 0) is 20.7 Å². The molecule has 1 heterocycles. The third kappa shape index (κ3) is 4.22. The molecule has 1 amide bonds. The molecule has 1 aromatic carbocycles. The minimum atomic E-state index is -1.29. The summed E-state index contributed by atoms with van der Waals surface area (Å²) in [6.45, 7) is 0.444. The molecule has 1 aliphatic rings. The van der Waals surface area contributed by atoms with E-state index in [2.05, 4.69) is 5.32 Å². The van der Waals surface area contributed by atoms with E-state index in [4.69, 9.17) is 4.74 Å². The number of aliphatic carboxylic acids is 1. The van der Waals surface area contributed by atoms with Gasteiger partial charge in [0.25, 0.3) is 0 Å². The molecule has 0 saturated carbocycles. The number of amides is 1. The summed E-state index contributed by atoms with van der Waals surface area (Å²) >= 11 is 0. The highest BCUT2D eigenvalue weighted by molar-refractivity contribution is 5.86. The standard InChI is InChI=1S/C14H15FN2O6/c15-9-4-3-8(7-11(9)17(21)22)6-10(14(19)20)16-13(18)12-2-1-5-23-12/h3-4,7,10,12H,1-2,5-6H2,(H,16,18)(H,19,20)/t10-,12-/m1/s1. The lowest BCUT2D eigenvalue weighted by molar-refractivity contribution is -0.387. The van der Waals surface area contributed by atoms with Gasteiger partial charge in [0.05, 0.1) is 4.92 Å². The maximum Gasteiger partial charge on any atom is 0.326 e. The summed E-state index contributed by atoms with van der Waals surface area (Å²) in [5.41, 5.74) is -0.504. The minimum absolute atomic E-state index is 0.199. The maximum atomic E-state index is 13.3. The van der Waals surface area contributed by atoms with Crippen molar-refractivity contribution in [1.29, 1.82) is 0 Å². The number of hydrogen-bond acceptors (Lipinski definition) is 5. The average molecular weight is 326 g/mol. The van der Waals surface area contributed by atoms with E-state index >= 15 is 0 Å². The van der Waals surface area contributed by atoms with Crippen molar-refractivity contribution in [3.63, 3.8) is 0 Å². The van der Waals surface area contributed by atoms with Crippen LogP contribution in [0.3, 0.4) is 0 Å². The van der Waals surface area contributed by atoms with Gasteiger partial charge in [-0.2, -0.15) is 4.39 Å². The van der Waals surface area contributed by atoms with Crippen LogP contribution in [0, 0.1) is 15.9 Å². The Hall–Kier alpha value is -2.55. The third-order valence-electron chi connectivity index (χ3n) is 3.48. The number of carboxylic acids is 1. The molecule has 0 radical (unpaired) electrons. The Morgan fingerprint density at radius 2 is 2.26 bits per heavy atom. The number of nitro groups is 1. The van der Waals surface area contributed by atoms with Crippen molar-refractivity contribution in [3.8, 4) is 0 Å². The number of carboxylic acid groups (broad SMARTS) is 1. The Bertz CT molecular complexity index is 630. The van der Waals surface area contributed by atoms with Crippen LogP contribution >= 0.6 is 0 Å². The van der Waals surface area contributed by atoms with Crippen molar-refractivity contribution in [2.24, 2.45) is 0 Å². The second-order valence-electron chi connectivity index (χ2n) is 5.15. The molecule has 2 N–H and O–H groups in total. The Labute approximate surface area is 130 Å². The summed E-state index contributed by atoms with van der Waals surface area (Å²) < 4.78 is 18.5. The molecule has 0 unspecified atom stereocenters.